The standard InChI is InChI=1S/Al.Fe.Mg.H3O4P.H2O.5H/c;;;1-5(2,3)4;;;;;;/h;;;(H3,1,2,3,4);1H2;;;;;. The molecule has 0 aromatic carbocycles. The molecule has 58 valence electrons. The Morgan fingerprint density at radius 2 is 1.11 bits per heavy atom. The van der Waals surface area contributed by atoms with Crippen molar-refractivity contribution in [1.29, 1.82) is 0 Å². The summed E-state index contributed by atoms with van der Waals surface area (Å²) in [5.41, 5.74) is 0. The third-order valence-corrected chi connectivity index (χ3v) is 0. The SMILES string of the molecule is O.O=P(O)(O)O.[AlH3].[Fe].[MgH2]. The van der Waals surface area contributed by atoms with Crippen LogP contribution in [0, 0.1) is 0 Å². The number of phosphoric acid groups is 1. The quantitative estimate of drug-likeness (QED) is 0.291. The van der Waals surface area contributed by atoms with Gasteiger partial charge in [0.1, 0.15) is 0 Å². The second-order valence-corrected chi connectivity index (χ2v) is 1.54. The van der Waals surface area contributed by atoms with Gasteiger partial charge in [-0.1, -0.05) is 0 Å². The molecule has 0 aliphatic rings. The molecular weight excluding hydrogens is 218 g/mol. The first-order valence-electron chi connectivity index (χ1n) is 0.783. The second kappa shape index (κ2) is 12.6. The predicted octanol–water partition coefficient (Wildman–Crippen LogP) is -3.86. The van der Waals surface area contributed by atoms with E-state index in [1.807, 2.05) is 0 Å². The fraction of sp³-hybridized carbons (Fsp3) is 0. The summed E-state index contributed by atoms with van der Waals surface area (Å²) >= 11 is 0. The Labute approximate surface area is 89.5 Å². The Morgan fingerprint density at radius 1 is 1.11 bits per heavy atom. The summed E-state index contributed by atoms with van der Waals surface area (Å²) in [6.07, 6.45) is 0. The molecule has 5 nitrogen and oxygen atoms in total. The monoisotopic (exact) mass is 228 g/mol. The Bertz CT molecular complexity index is 63.1. The van der Waals surface area contributed by atoms with E-state index in [0.717, 1.165) is 0 Å². The van der Waals surface area contributed by atoms with Crippen LogP contribution in [0.15, 0.2) is 0 Å². The van der Waals surface area contributed by atoms with Gasteiger partial charge in [0.15, 0.2) is 17.4 Å². The molecule has 0 saturated carbocycles. The molecule has 0 unspecified atom stereocenters. The molecule has 0 spiro atoms. The van der Waals surface area contributed by atoms with Gasteiger partial charge in [0.2, 0.25) is 0 Å². The van der Waals surface area contributed by atoms with Crippen LogP contribution in [0.5, 0.6) is 0 Å². The van der Waals surface area contributed by atoms with E-state index < -0.39 is 7.82 Å². The molecule has 0 atom stereocenters. The normalized spacial score (nSPS) is 6.56. The summed E-state index contributed by atoms with van der Waals surface area (Å²) in [6, 6.07) is 0. The number of hydrogen-bond donors (Lipinski definition) is 3. The summed E-state index contributed by atoms with van der Waals surface area (Å²) in [5, 5.41) is 0. The largest absolute Gasteiger partial charge is 0.466 e. The van der Waals surface area contributed by atoms with Crippen LogP contribution in [0.25, 0.3) is 0 Å². The van der Waals surface area contributed by atoms with Crippen LogP contribution in [-0.2, 0) is 21.6 Å². The van der Waals surface area contributed by atoms with E-state index in [4.69, 9.17) is 19.2 Å². The first-order chi connectivity index (χ1) is 2.00. The summed E-state index contributed by atoms with van der Waals surface area (Å²) in [5.74, 6) is 0. The average molecular weight is 228 g/mol. The molecule has 0 bridgehead atoms. The second-order valence-electron chi connectivity index (χ2n) is 0.513. The number of rotatable bonds is 0. The first-order valence-corrected chi connectivity index (χ1v) is 2.35. The van der Waals surface area contributed by atoms with E-state index in [1.54, 1.807) is 0 Å². The first kappa shape index (κ1) is 30.7. The minimum atomic E-state index is -4.64. The van der Waals surface area contributed by atoms with Crippen molar-refractivity contribution >= 4 is 48.2 Å². The van der Waals surface area contributed by atoms with Gasteiger partial charge >= 0.3 is 30.9 Å². The third kappa shape index (κ3) is 173. The maximum absolute atomic E-state index is 8.88. The van der Waals surface area contributed by atoms with Gasteiger partial charge in [-0.2, -0.15) is 0 Å². The molecule has 0 aliphatic carbocycles. The predicted molar refractivity (Wildman–Crippen MR) is 36.4 cm³/mol. The molecule has 0 amide bonds. The maximum atomic E-state index is 8.88. The summed E-state index contributed by atoms with van der Waals surface area (Å²) in [7, 11) is -4.64. The van der Waals surface area contributed by atoms with Crippen LogP contribution in [-0.4, -0.2) is 60.6 Å². The maximum Gasteiger partial charge on any atom is 0.466 e. The van der Waals surface area contributed by atoms with Gasteiger partial charge in [0.25, 0.3) is 0 Å². The average Bonchev–Trinajstić information content (AvgIpc) is 0.722. The zero-order valence-corrected chi connectivity index (χ0v) is 5.05. The zero-order chi connectivity index (χ0) is 4.50. The van der Waals surface area contributed by atoms with Crippen molar-refractivity contribution in [3.05, 3.63) is 0 Å². The van der Waals surface area contributed by atoms with Crippen LogP contribution >= 0.6 is 7.82 Å². The van der Waals surface area contributed by atoms with Crippen molar-refractivity contribution in [1.82, 2.24) is 0 Å². The van der Waals surface area contributed by atoms with E-state index in [1.165, 1.54) is 0 Å². The van der Waals surface area contributed by atoms with E-state index in [2.05, 4.69) is 0 Å². The van der Waals surface area contributed by atoms with Gasteiger partial charge in [-0.05, 0) is 0 Å². The molecule has 9 heavy (non-hydrogen) atoms. The molecule has 0 heterocycles. The van der Waals surface area contributed by atoms with Crippen molar-refractivity contribution < 1.29 is 41.8 Å². The van der Waals surface area contributed by atoms with Crippen molar-refractivity contribution in [2.75, 3.05) is 0 Å². The van der Waals surface area contributed by atoms with Gasteiger partial charge in [-0.15, -0.1) is 0 Å². The van der Waals surface area contributed by atoms with Crippen LogP contribution in [0.2, 0.25) is 0 Å². The van der Waals surface area contributed by atoms with Crippen LogP contribution in [0.3, 0.4) is 0 Å². The molecule has 0 radical (unpaired) electrons. The summed E-state index contributed by atoms with van der Waals surface area (Å²) < 4.78 is 8.88. The Kier molecular flexibility index (Phi) is 42.8. The molecule has 0 aliphatic heterocycles. The molecule has 5 N–H and O–H groups in total. The topological polar surface area (TPSA) is 109 Å². The summed E-state index contributed by atoms with van der Waals surface area (Å²) in [4.78, 5) is 21.6. The van der Waals surface area contributed by atoms with Crippen LogP contribution in [0.1, 0.15) is 0 Å². The van der Waals surface area contributed by atoms with Crippen molar-refractivity contribution in [2.45, 2.75) is 0 Å². The molecule has 0 saturated heterocycles. The van der Waals surface area contributed by atoms with Gasteiger partial charge in [-0.3, -0.25) is 0 Å². The molecular formula is H10AlFeMgO5P. The smallest absolute Gasteiger partial charge is 0.412 e. The molecule has 0 aromatic heterocycles. The molecule has 9 heteroatoms. The zero-order valence-electron chi connectivity index (χ0n) is 3.05. The van der Waals surface area contributed by atoms with Gasteiger partial charge in [0, 0.05) is 17.1 Å². The number of hydrogen-bond acceptors (Lipinski definition) is 1. The summed E-state index contributed by atoms with van der Waals surface area (Å²) in [6.45, 7) is 0. The minimum Gasteiger partial charge on any atom is -0.412 e. The minimum absolute atomic E-state index is 0. The Morgan fingerprint density at radius 3 is 1.11 bits per heavy atom. The van der Waals surface area contributed by atoms with Crippen molar-refractivity contribution in [3.8, 4) is 0 Å². The van der Waals surface area contributed by atoms with Crippen LogP contribution in [0.4, 0.5) is 0 Å². The fourth-order valence-electron chi connectivity index (χ4n) is 0. The fourth-order valence-corrected chi connectivity index (χ4v) is 0. The van der Waals surface area contributed by atoms with E-state index in [9.17, 15) is 0 Å². The van der Waals surface area contributed by atoms with Gasteiger partial charge < -0.3 is 20.2 Å². The Balaban J connectivity index is -0.0000000133. The van der Waals surface area contributed by atoms with E-state index in [0.29, 0.717) is 0 Å². The van der Waals surface area contributed by atoms with Gasteiger partial charge in [0.05, 0.1) is 0 Å². The van der Waals surface area contributed by atoms with Gasteiger partial charge in [-0.25, -0.2) is 4.57 Å². The van der Waals surface area contributed by atoms with Crippen LogP contribution < -0.4 is 0 Å². The molecule has 0 aromatic rings. The molecule has 0 rings (SSSR count). The third-order valence-electron chi connectivity index (χ3n) is 0. The molecule has 0 fully saturated rings. The van der Waals surface area contributed by atoms with E-state index in [-0.39, 0.29) is 63.0 Å². The van der Waals surface area contributed by atoms with Crippen molar-refractivity contribution in [3.63, 3.8) is 0 Å². The Hall–Kier alpha value is 1.89. The van der Waals surface area contributed by atoms with E-state index >= 15 is 0 Å². The van der Waals surface area contributed by atoms with Crippen molar-refractivity contribution in [2.24, 2.45) is 0 Å².